The quantitative estimate of drug-likeness (QED) is 0.596. The van der Waals surface area contributed by atoms with Crippen molar-refractivity contribution in [2.75, 3.05) is 0 Å². The van der Waals surface area contributed by atoms with Gasteiger partial charge >= 0.3 is 0 Å². The van der Waals surface area contributed by atoms with E-state index < -0.39 is 0 Å². The van der Waals surface area contributed by atoms with Crippen molar-refractivity contribution in [2.24, 2.45) is 0 Å². The maximum atomic E-state index is 5.61. The molecule has 61 valence electrons. The lowest BCUT2D eigenvalue weighted by Crippen LogP contribution is -2.14. The Morgan fingerprint density at radius 3 is 2.67 bits per heavy atom. The minimum absolute atomic E-state index is 0.671. The topological polar surface area (TPSA) is 9.23 Å². The Bertz CT molecular complexity index is 229. The normalized spacial score (nSPS) is 19.3. The Balaban J connectivity index is 2.08. The predicted octanol–water partition coefficient (Wildman–Crippen LogP) is 2.41. The molecule has 0 amide bonds. The number of hydrogen-bond donors (Lipinski definition) is 0. The molecule has 0 spiro atoms. The van der Waals surface area contributed by atoms with E-state index in [9.17, 15) is 0 Å². The van der Waals surface area contributed by atoms with E-state index in [0.717, 1.165) is 6.42 Å². The van der Waals surface area contributed by atoms with Crippen LogP contribution in [0.2, 0.25) is 6.04 Å². The molecule has 1 nitrogen and oxygen atoms in total. The molecule has 1 aliphatic heterocycles. The molecule has 2 rings (SSSR count). The first kappa shape index (κ1) is 8.02. The van der Waals surface area contributed by atoms with Crippen LogP contribution in [0.25, 0.3) is 0 Å². The van der Waals surface area contributed by atoms with Crippen LogP contribution in [0.1, 0.15) is 18.4 Å². The zero-order valence-electron chi connectivity index (χ0n) is 6.92. The van der Waals surface area contributed by atoms with Gasteiger partial charge in [-0.1, -0.05) is 36.8 Å². The molecule has 1 fully saturated rings. The van der Waals surface area contributed by atoms with Gasteiger partial charge in [0, 0.05) is 0 Å². The second-order valence-corrected chi connectivity index (χ2v) is 3.88. The summed E-state index contributed by atoms with van der Waals surface area (Å²) in [5, 5.41) is 0. The monoisotopic (exact) mass is 175 g/mol. The Morgan fingerprint density at radius 2 is 2.00 bits per heavy atom. The van der Waals surface area contributed by atoms with Crippen molar-refractivity contribution in [2.45, 2.75) is 18.9 Å². The molecule has 3 radical (unpaired) electrons. The van der Waals surface area contributed by atoms with E-state index in [0.29, 0.717) is 9.76 Å². The highest BCUT2D eigenvalue weighted by Gasteiger charge is 2.16. The molecule has 1 aromatic carbocycles. The average molecular weight is 175 g/mol. The summed E-state index contributed by atoms with van der Waals surface area (Å²) in [7, 11) is 0.671. The summed E-state index contributed by atoms with van der Waals surface area (Å²) < 4.78 is 5.61. The minimum atomic E-state index is 0.671. The Kier molecular flexibility index (Phi) is 2.59. The van der Waals surface area contributed by atoms with E-state index in [1.165, 1.54) is 24.1 Å². The fraction of sp³-hybridized carbons (Fsp3) is 0.300. The zero-order valence-corrected chi connectivity index (χ0v) is 7.92. The molecular formula is C10H11OSi. The van der Waals surface area contributed by atoms with Crippen LogP contribution in [-0.2, 0) is 4.43 Å². The van der Waals surface area contributed by atoms with Crippen molar-refractivity contribution in [1.82, 2.24) is 0 Å². The van der Waals surface area contributed by atoms with Crippen LogP contribution >= 0.6 is 0 Å². The SMILES string of the molecule is c1ccc([C]2CCC[Si]O2)cc1. The van der Waals surface area contributed by atoms with E-state index in [1.54, 1.807) is 0 Å². The first-order valence-corrected chi connectivity index (χ1v) is 5.39. The van der Waals surface area contributed by atoms with Gasteiger partial charge in [0.25, 0.3) is 0 Å². The van der Waals surface area contributed by atoms with Crippen LogP contribution in [0.3, 0.4) is 0 Å². The van der Waals surface area contributed by atoms with Gasteiger partial charge in [-0.25, -0.2) is 0 Å². The Morgan fingerprint density at radius 1 is 1.17 bits per heavy atom. The summed E-state index contributed by atoms with van der Waals surface area (Å²) >= 11 is 0. The zero-order chi connectivity index (χ0) is 8.23. The highest BCUT2D eigenvalue weighted by molar-refractivity contribution is 6.27. The summed E-state index contributed by atoms with van der Waals surface area (Å²) in [5.41, 5.74) is 1.25. The fourth-order valence-corrected chi connectivity index (χ4v) is 2.15. The molecule has 1 aromatic rings. The number of hydrogen-bond acceptors (Lipinski definition) is 1. The third-order valence-corrected chi connectivity index (χ3v) is 2.92. The van der Waals surface area contributed by atoms with Gasteiger partial charge < -0.3 is 4.43 Å². The third-order valence-electron chi connectivity index (χ3n) is 1.97. The van der Waals surface area contributed by atoms with E-state index >= 15 is 0 Å². The largest absolute Gasteiger partial charge is 0.405 e. The van der Waals surface area contributed by atoms with E-state index in [1.807, 2.05) is 6.07 Å². The molecule has 0 saturated carbocycles. The standard InChI is InChI=1S/C10H11OSi/c1-2-5-9(6-3-1)10-7-4-8-12-11-10/h1-3,5-6H,4,7-8H2. The molecule has 12 heavy (non-hydrogen) atoms. The van der Waals surface area contributed by atoms with Crippen LogP contribution in [0.15, 0.2) is 30.3 Å². The summed E-state index contributed by atoms with van der Waals surface area (Å²) in [6.45, 7) is 0. The van der Waals surface area contributed by atoms with Crippen molar-refractivity contribution >= 4 is 9.76 Å². The average Bonchev–Trinajstić information content (AvgIpc) is 2.21. The second kappa shape index (κ2) is 3.87. The summed E-state index contributed by atoms with van der Waals surface area (Å²) in [4.78, 5) is 0. The van der Waals surface area contributed by atoms with Crippen LogP contribution in [0, 0.1) is 6.10 Å². The smallest absolute Gasteiger partial charge is 0.231 e. The lowest BCUT2D eigenvalue weighted by molar-refractivity contribution is 0.327. The summed E-state index contributed by atoms with van der Waals surface area (Å²) in [6, 6.07) is 11.6. The second-order valence-electron chi connectivity index (χ2n) is 2.89. The molecule has 1 saturated heterocycles. The van der Waals surface area contributed by atoms with Crippen molar-refractivity contribution in [3.63, 3.8) is 0 Å². The molecule has 0 atom stereocenters. The van der Waals surface area contributed by atoms with E-state index in [4.69, 9.17) is 4.43 Å². The maximum Gasteiger partial charge on any atom is 0.231 e. The van der Waals surface area contributed by atoms with Gasteiger partial charge in [-0.05, 0) is 18.0 Å². The van der Waals surface area contributed by atoms with Gasteiger partial charge in [0.15, 0.2) is 0 Å². The highest BCUT2D eigenvalue weighted by atomic mass is 28.2. The third kappa shape index (κ3) is 1.76. The van der Waals surface area contributed by atoms with E-state index in [-0.39, 0.29) is 0 Å². The van der Waals surface area contributed by atoms with Gasteiger partial charge in [0.05, 0.1) is 0 Å². The number of rotatable bonds is 1. The van der Waals surface area contributed by atoms with Gasteiger partial charge in [-0.15, -0.1) is 0 Å². The summed E-state index contributed by atoms with van der Waals surface area (Å²) in [5.74, 6) is 0. The van der Waals surface area contributed by atoms with Crippen molar-refractivity contribution in [3.8, 4) is 0 Å². The van der Waals surface area contributed by atoms with Crippen molar-refractivity contribution in [1.29, 1.82) is 0 Å². The lowest BCUT2D eigenvalue weighted by atomic mass is 10.1. The molecular weight excluding hydrogens is 164 g/mol. The van der Waals surface area contributed by atoms with E-state index in [2.05, 4.69) is 24.3 Å². The lowest BCUT2D eigenvalue weighted by Gasteiger charge is -2.20. The molecule has 2 heteroatoms. The molecule has 0 N–H and O–H groups in total. The first-order valence-electron chi connectivity index (χ1n) is 4.28. The first-order chi connectivity index (χ1) is 5.97. The van der Waals surface area contributed by atoms with Crippen LogP contribution < -0.4 is 0 Å². The summed E-state index contributed by atoms with van der Waals surface area (Å²) in [6.07, 6.45) is 3.57. The van der Waals surface area contributed by atoms with Gasteiger partial charge in [-0.2, -0.15) is 0 Å². The Labute approximate surface area is 75.7 Å². The van der Waals surface area contributed by atoms with Crippen LogP contribution in [0.4, 0.5) is 0 Å². The van der Waals surface area contributed by atoms with Crippen molar-refractivity contribution < 1.29 is 4.43 Å². The molecule has 0 unspecified atom stereocenters. The van der Waals surface area contributed by atoms with Gasteiger partial charge in [-0.3, -0.25) is 0 Å². The van der Waals surface area contributed by atoms with Crippen LogP contribution in [-0.4, -0.2) is 9.76 Å². The molecule has 0 bridgehead atoms. The molecule has 1 aliphatic rings. The van der Waals surface area contributed by atoms with Gasteiger partial charge in [0.1, 0.15) is 6.10 Å². The van der Waals surface area contributed by atoms with Gasteiger partial charge in [0.2, 0.25) is 9.76 Å². The van der Waals surface area contributed by atoms with Crippen LogP contribution in [0.5, 0.6) is 0 Å². The maximum absolute atomic E-state index is 5.61. The highest BCUT2D eigenvalue weighted by Crippen LogP contribution is 2.25. The number of benzene rings is 1. The Hall–Kier alpha value is -0.603. The predicted molar refractivity (Wildman–Crippen MR) is 49.7 cm³/mol. The fourth-order valence-electron chi connectivity index (χ4n) is 1.34. The van der Waals surface area contributed by atoms with Crippen molar-refractivity contribution in [3.05, 3.63) is 42.0 Å². The molecule has 0 aliphatic carbocycles. The molecule has 0 aromatic heterocycles. The molecule has 1 heterocycles. The minimum Gasteiger partial charge on any atom is -0.405 e.